The lowest BCUT2D eigenvalue weighted by atomic mass is 9.76. The van der Waals surface area contributed by atoms with Gasteiger partial charge in [-0.25, -0.2) is 0 Å². The van der Waals surface area contributed by atoms with Crippen molar-refractivity contribution in [2.45, 2.75) is 31.7 Å². The lowest BCUT2D eigenvalue weighted by molar-refractivity contribution is -0.142. The summed E-state index contributed by atoms with van der Waals surface area (Å²) in [6.45, 7) is 3.53. The molecule has 2 bridgehead atoms. The Bertz CT molecular complexity index is 1040. The van der Waals surface area contributed by atoms with Gasteiger partial charge in [0.1, 0.15) is 5.60 Å². The number of hydrogen-bond donors (Lipinski definition) is 0. The van der Waals surface area contributed by atoms with Gasteiger partial charge in [0.05, 0.1) is 30.7 Å². The highest BCUT2D eigenvalue weighted by atomic mass is 16.5. The maximum Gasteiger partial charge on any atom is 0.230 e. The maximum absolute atomic E-state index is 13.4. The molecule has 4 heterocycles. The molecule has 30 heavy (non-hydrogen) atoms. The Labute approximate surface area is 175 Å². The molecule has 7 nitrogen and oxygen atoms in total. The number of nitrogens with zero attached hydrogens (tertiary/aromatic N) is 4. The summed E-state index contributed by atoms with van der Waals surface area (Å²) in [5, 5.41) is 4.17. The molecular formula is C23H26N4O3. The Morgan fingerprint density at radius 2 is 2.20 bits per heavy atom. The zero-order chi connectivity index (χ0) is 21.0. The molecule has 0 saturated carbocycles. The van der Waals surface area contributed by atoms with Gasteiger partial charge >= 0.3 is 0 Å². The van der Waals surface area contributed by atoms with E-state index in [1.807, 2.05) is 55.4 Å². The van der Waals surface area contributed by atoms with Crippen LogP contribution in [0.4, 0.5) is 0 Å². The van der Waals surface area contributed by atoms with Gasteiger partial charge in [-0.15, -0.1) is 0 Å². The molecule has 2 unspecified atom stereocenters. The minimum absolute atomic E-state index is 0.0106. The fourth-order valence-electron chi connectivity index (χ4n) is 5.18. The quantitative estimate of drug-likeness (QED) is 0.709. The van der Waals surface area contributed by atoms with Crippen LogP contribution in [0.25, 0.3) is 0 Å². The van der Waals surface area contributed by atoms with Crippen molar-refractivity contribution in [2.75, 3.05) is 13.6 Å². The standard InChI is InChI=1S/C23H26N4O3/c1-15-5-4-6-16(9-15)13-27-14-23-8-7-18(30-23)19(20(23)22(27)29)21(28)25(2)11-17-10-24-26(3)12-17/h4-10,12,18-20H,11,13-14H2,1-3H3/t18-,19?,20?,23-/m1/s1. The highest BCUT2D eigenvalue weighted by molar-refractivity contribution is 5.93. The molecule has 0 aliphatic carbocycles. The number of aromatic nitrogens is 2. The van der Waals surface area contributed by atoms with E-state index in [9.17, 15) is 9.59 Å². The minimum Gasteiger partial charge on any atom is -0.360 e. The first kappa shape index (κ1) is 19.1. The van der Waals surface area contributed by atoms with Gasteiger partial charge in [-0.1, -0.05) is 42.0 Å². The Hall–Kier alpha value is -2.93. The van der Waals surface area contributed by atoms with Crippen LogP contribution in [0.1, 0.15) is 16.7 Å². The first-order valence-corrected chi connectivity index (χ1v) is 10.3. The first-order valence-electron chi connectivity index (χ1n) is 10.3. The molecule has 2 amide bonds. The third-order valence-electron chi connectivity index (χ3n) is 6.47. The molecule has 4 atom stereocenters. The molecule has 3 aliphatic heterocycles. The molecule has 1 aromatic carbocycles. The monoisotopic (exact) mass is 406 g/mol. The Kier molecular flexibility index (Phi) is 4.32. The van der Waals surface area contributed by atoms with Crippen molar-refractivity contribution >= 4 is 11.8 Å². The number of fused-ring (bicyclic) bond motifs is 1. The van der Waals surface area contributed by atoms with Crippen molar-refractivity contribution in [3.63, 3.8) is 0 Å². The van der Waals surface area contributed by atoms with E-state index < -0.39 is 17.4 Å². The van der Waals surface area contributed by atoms with Crippen LogP contribution in [0.2, 0.25) is 0 Å². The van der Waals surface area contributed by atoms with Gasteiger partial charge in [0.2, 0.25) is 11.8 Å². The second-order valence-electron chi connectivity index (χ2n) is 8.80. The molecular weight excluding hydrogens is 380 g/mol. The highest BCUT2D eigenvalue weighted by Crippen LogP contribution is 2.52. The number of carbonyl (C=O) groups excluding carboxylic acids is 2. The summed E-state index contributed by atoms with van der Waals surface area (Å²) in [5.41, 5.74) is 2.54. The van der Waals surface area contributed by atoms with Crippen molar-refractivity contribution in [2.24, 2.45) is 18.9 Å². The predicted molar refractivity (Wildman–Crippen MR) is 110 cm³/mol. The lowest BCUT2D eigenvalue weighted by Crippen LogP contribution is -2.44. The Balaban J connectivity index is 1.36. The zero-order valence-electron chi connectivity index (χ0n) is 17.5. The summed E-state index contributed by atoms with van der Waals surface area (Å²) in [7, 11) is 3.63. The smallest absolute Gasteiger partial charge is 0.230 e. The zero-order valence-corrected chi connectivity index (χ0v) is 17.5. The second kappa shape index (κ2) is 6.80. The van der Waals surface area contributed by atoms with E-state index in [2.05, 4.69) is 11.2 Å². The summed E-state index contributed by atoms with van der Waals surface area (Å²) in [6, 6.07) is 8.18. The van der Waals surface area contributed by atoms with Gasteiger partial charge in [-0.2, -0.15) is 5.10 Å². The summed E-state index contributed by atoms with van der Waals surface area (Å²) >= 11 is 0. The number of amides is 2. The van der Waals surface area contributed by atoms with Crippen molar-refractivity contribution in [1.29, 1.82) is 0 Å². The van der Waals surface area contributed by atoms with Gasteiger partial charge in [-0.05, 0) is 12.5 Å². The van der Waals surface area contributed by atoms with Gasteiger partial charge in [0, 0.05) is 38.9 Å². The summed E-state index contributed by atoms with van der Waals surface area (Å²) in [6.07, 6.45) is 7.28. The van der Waals surface area contributed by atoms with E-state index >= 15 is 0 Å². The first-order chi connectivity index (χ1) is 14.4. The van der Waals surface area contributed by atoms with Crippen LogP contribution < -0.4 is 0 Å². The third-order valence-corrected chi connectivity index (χ3v) is 6.47. The van der Waals surface area contributed by atoms with Crippen molar-refractivity contribution in [1.82, 2.24) is 19.6 Å². The fourth-order valence-corrected chi connectivity index (χ4v) is 5.18. The van der Waals surface area contributed by atoms with E-state index in [0.717, 1.165) is 11.1 Å². The molecule has 0 radical (unpaired) electrons. The molecule has 2 aromatic rings. The van der Waals surface area contributed by atoms with Crippen LogP contribution in [-0.2, 0) is 34.5 Å². The SMILES string of the molecule is Cc1cccc(CN2C[C@@]34C=C[C@@H](O3)C(C(=O)N(C)Cc3cnn(C)c3)C4C2=O)c1. The van der Waals surface area contributed by atoms with Gasteiger partial charge < -0.3 is 14.5 Å². The summed E-state index contributed by atoms with van der Waals surface area (Å²) in [4.78, 5) is 30.3. The Morgan fingerprint density at radius 1 is 1.37 bits per heavy atom. The maximum atomic E-state index is 13.4. The number of carbonyl (C=O) groups is 2. The molecule has 2 saturated heterocycles. The second-order valence-corrected chi connectivity index (χ2v) is 8.80. The Morgan fingerprint density at radius 3 is 2.93 bits per heavy atom. The average Bonchev–Trinajstić information content (AvgIpc) is 3.44. The van der Waals surface area contributed by atoms with Crippen LogP contribution >= 0.6 is 0 Å². The van der Waals surface area contributed by atoms with Crippen molar-refractivity contribution in [3.8, 4) is 0 Å². The molecule has 7 heteroatoms. The topological polar surface area (TPSA) is 67.7 Å². The summed E-state index contributed by atoms with van der Waals surface area (Å²) in [5.74, 6) is -0.977. The summed E-state index contributed by atoms with van der Waals surface area (Å²) < 4.78 is 7.96. The van der Waals surface area contributed by atoms with E-state index in [4.69, 9.17) is 4.74 Å². The van der Waals surface area contributed by atoms with Crippen LogP contribution in [0.15, 0.2) is 48.8 Å². The van der Waals surface area contributed by atoms with Crippen molar-refractivity contribution in [3.05, 3.63) is 65.5 Å². The third kappa shape index (κ3) is 2.96. The number of hydrogen-bond acceptors (Lipinski definition) is 4. The molecule has 156 valence electrons. The van der Waals surface area contributed by atoms with E-state index in [-0.39, 0.29) is 17.9 Å². The molecule has 3 aliphatic rings. The van der Waals surface area contributed by atoms with Crippen LogP contribution in [0, 0.1) is 18.8 Å². The number of benzene rings is 1. The predicted octanol–water partition coefficient (Wildman–Crippen LogP) is 1.67. The van der Waals surface area contributed by atoms with E-state index in [1.54, 1.807) is 22.8 Å². The largest absolute Gasteiger partial charge is 0.360 e. The van der Waals surface area contributed by atoms with Gasteiger partial charge in [0.15, 0.2) is 0 Å². The van der Waals surface area contributed by atoms with Crippen LogP contribution in [0.5, 0.6) is 0 Å². The normalized spacial score (nSPS) is 29.0. The van der Waals surface area contributed by atoms with Gasteiger partial charge in [0.25, 0.3) is 0 Å². The van der Waals surface area contributed by atoms with E-state index in [1.165, 1.54) is 5.56 Å². The van der Waals surface area contributed by atoms with E-state index in [0.29, 0.717) is 19.6 Å². The van der Waals surface area contributed by atoms with Gasteiger partial charge in [-0.3, -0.25) is 14.3 Å². The number of rotatable bonds is 5. The average molecular weight is 406 g/mol. The number of ether oxygens (including phenoxy) is 1. The molecule has 1 spiro atoms. The van der Waals surface area contributed by atoms with Crippen molar-refractivity contribution < 1.29 is 14.3 Å². The van der Waals surface area contributed by atoms with Crippen LogP contribution in [0.3, 0.4) is 0 Å². The lowest BCUT2D eigenvalue weighted by Gasteiger charge is -2.27. The highest BCUT2D eigenvalue weighted by Gasteiger charge is 2.67. The fraction of sp³-hybridized carbons (Fsp3) is 0.435. The molecule has 5 rings (SSSR count). The van der Waals surface area contributed by atoms with Crippen LogP contribution in [-0.4, -0.2) is 56.7 Å². The minimum atomic E-state index is -0.680. The number of likely N-dealkylation sites (tertiary alicyclic amines) is 1. The number of aryl methyl sites for hydroxylation is 2. The molecule has 2 fully saturated rings. The molecule has 1 aromatic heterocycles. The molecule has 0 N–H and O–H groups in total.